The molecule has 0 radical (unpaired) electrons. The normalized spacial score (nSPS) is 14.9. The monoisotopic (exact) mass is 606 g/mol. The van der Waals surface area contributed by atoms with E-state index in [1.807, 2.05) is 24.3 Å². The summed E-state index contributed by atoms with van der Waals surface area (Å²) >= 11 is 12.2. The molecule has 1 saturated heterocycles. The van der Waals surface area contributed by atoms with Crippen LogP contribution in [0.5, 0.6) is 0 Å². The first kappa shape index (κ1) is 29.8. The molecular formula is C28H29Cl2FN4O4S. The lowest BCUT2D eigenvalue weighted by Crippen LogP contribution is -2.61. The molecule has 0 saturated carbocycles. The molecule has 2 amide bonds. The van der Waals surface area contributed by atoms with Gasteiger partial charge in [0.05, 0.1) is 29.6 Å². The maximum absolute atomic E-state index is 15.7. The fraction of sp³-hybridized carbons (Fsp3) is 0.286. The SMILES string of the molecule is CNC(=O)C(C)NC(=O)c1cccc(N(C2CN(C(c3ccc(Cl)cc3)c3ccc(Cl)cc3)C2)S(C)(=O)=O)c1F. The van der Waals surface area contributed by atoms with Crippen molar-refractivity contribution < 1.29 is 22.4 Å². The number of benzene rings is 3. The van der Waals surface area contributed by atoms with Crippen LogP contribution in [0.25, 0.3) is 0 Å². The highest BCUT2D eigenvalue weighted by Gasteiger charge is 2.42. The van der Waals surface area contributed by atoms with Gasteiger partial charge in [0, 0.05) is 30.2 Å². The number of likely N-dealkylation sites (N-methyl/N-ethyl adjacent to an activating group) is 1. The lowest BCUT2D eigenvalue weighted by molar-refractivity contribution is -0.122. The van der Waals surface area contributed by atoms with Gasteiger partial charge in [-0.1, -0.05) is 53.5 Å². The zero-order valence-corrected chi connectivity index (χ0v) is 24.4. The molecule has 1 fully saturated rings. The molecule has 4 rings (SSSR count). The zero-order valence-electron chi connectivity index (χ0n) is 22.1. The number of rotatable bonds is 9. The summed E-state index contributed by atoms with van der Waals surface area (Å²) in [5.74, 6) is -2.27. The standard InChI is InChI=1S/C28H29Cl2FN4O4S/c1-17(27(36)32-2)33-28(37)23-5-4-6-24(25(23)31)35(40(3,38)39)22-15-34(16-22)26(18-7-11-20(29)12-8-18)19-9-13-21(30)14-10-19/h4-14,17,22,26H,15-16H2,1-3H3,(H,32,36)(H,33,37). The van der Waals surface area contributed by atoms with Crippen molar-refractivity contribution in [1.82, 2.24) is 15.5 Å². The molecule has 2 N–H and O–H groups in total. The molecule has 0 spiro atoms. The van der Waals surface area contributed by atoms with Crippen LogP contribution >= 0.6 is 23.2 Å². The van der Waals surface area contributed by atoms with Gasteiger partial charge in [0.15, 0.2) is 5.82 Å². The molecule has 0 bridgehead atoms. The van der Waals surface area contributed by atoms with Crippen LogP contribution in [0.4, 0.5) is 10.1 Å². The molecule has 212 valence electrons. The van der Waals surface area contributed by atoms with E-state index in [2.05, 4.69) is 15.5 Å². The van der Waals surface area contributed by atoms with E-state index >= 15 is 4.39 Å². The third-order valence-corrected chi connectivity index (χ3v) is 8.48. The lowest BCUT2D eigenvalue weighted by Gasteiger charge is -2.48. The minimum Gasteiger partial charge on any atom is -0.357 e. The number of hydrogen-bond acceptors (Lipinski definition) is 5. The quantitative estimate of drug-likeness (QED) is 0.380. The van der Waals surface area contributed by atoms with E-state index in [-0.39, 0.29) is 17.3 Å². The summed E-state index contributed by atoms with van der Waals surface area (Å²) in [6.45, 7) is 2.06. The molecule has 8 nitrogen and oxygen atoms in total. The first-order valence-electron chi connectivity index (χ1n) is 12.5. The Morgan fingerprint density at radius 2 is 1.50 bits per heavy atom. The number of anilines is 1. The molecule has 0 aliphatic carbocycles. The highest BCUT2D eigenvalue weighted by atomic mass is 35.5. The van der Waals surface area contributed by atoms with E-state index in [1.54, 1.807) is 24.3 Å². The van der Waals surface area contributed by atoms with Gasteiger partial charge in [0.1, 0.15) is 6.04 Å². The Hall–Kier alpha value is -3.18. The van der Waals surface area contributed by atoms with E-state index < -0.39 is 39.7 Å². The number of halogens is 3. The van der Waals surface area contributed by atoms with E-state index in [0.29, 0.717) is 23.1 Å². The number of nitrogens with one attached hydrogen (secondary N) is 2. The van der Waals surface area contributed by atoms with Crippen LogP contribution in [0, 0.1) is 5.82 Å². The zero-order chi connectivity index (χ0) is 29.2. The molecule has 3 aromatic rings. The Balaban J connectivity index is 1.62. The van der Waals surface area contributed by atoms with Crippen LogP contribution in [0.2, 0.25) is 10.0 Å². The van der Waals surface area contributed by atoms with Crippen LogP contribution in [0.1, 0.15) is 34.5 Å². The summed E-state index contributed by atoms with van der Waals surface area (Å²) in [6.07, 6.45) is 1.01. The van der Waals surface area contributed by atoms with Gasteiger partial charge >= 0.3 is 0 Å². The minimum atomic E-state index is -3.94. The summed E-state index contributed by atoms with van der Waals surface area (Å²) < 4.78 is 42.6. The molecule has 1 aliphatic heterocycles. The molecule has 3 aromatic carbocycles. The summed E-state index contributed by atoms with van der Waals surface area (Å²) in [7, 11) is -2.52. The van der Waals surface area contributed by atoms with E-state index in [1.165, 1.54) is 32.2 Å². The van der Waals surface area contributed by atoms with Gasteiger partial charge in [-0.3, -0.25) is 18.8 Å². The topological polar surface area (TPSA) is 98.8 Å². The molecule has 1 aliphatic rings. The second-order valence-electron chi connectivity index (χ2n) is 9.62. The van der Waals surface area contributed by atoms with Gasteiger partial charge in [-0.05, 0) is 54.4 Å². The van der Waals surface area contributed by atoms with Crippen molar-refractivity contribution in [2.75, 3.05) is 30.7 Å². The van der Waals surface area contributed by atoms with Gasteiger partial charge in [-0.15, -0.1) is 0 Å². The molecule has 12 heteroatoms. The van der Waals surface area contributed by atoms with Gasteiger partial charge in [0.25, 0.3) is 5.91 Å². The second-order valence-corrected chi connectivity index (χ2v) is 12.4. The maximum Gasteiger partial charge on any atom is 0.254 e. The number of hydrogen-bond donors (Lipinski definition) is 2. The predicted molar refractivity (Wildman–Crippen MR) is 155 cm³/mol. The third-order valence-electron chi connectivity index (χ3n) is 6.76. The summed E-state index contributed by atoms with van der Waals surface area (Å²) in [5.41, 5.74) is 1.30. The van der Waals surface area contributed by atoms with Gasteiger partial charge in [0.2, 0.25) is 15.9 Å². The van der Waals surface area contributed by atoms with E-state index in [9.17, 15) is 18.0 Å². The Bertz CT molecular complexity index is 1450. The van der Waals surface area contributed by atoms with Crippen molar-refractivity contribution in [2.45, 2.75) is 25.0 Å². The van der Waals surface area contributed by atoms with E-state index in [0.717, 1.165) is 21.7 Å². The van der Waals surface area contributed by atoms with Crippen molar-refractivity contribution in [3.63, 3.8) is 0 Å². The lowest BCUT2D eigenvalue weighted by atomic mass is 9.93. The van der Waals surface area contributed by atoms with Crippen LogP contribution in [0.15, 0.2) is 66.7 Å². The molecular weight excluding hydrogens is 578 g/mol. The average molecular weight is 608 g/mol. The van der Waals surface area contributed by atoms with Crippen molar-refractivity contribution in [1.29, 1.82) is 0 Å². The number of carbonyl (C=O) groups excluding carboxylic acids is 2. The van der Waals surface area contributed by atoms with Crippen molar-refractivity contribution in [3.8, 4) is 0 Å². The number of nitrogens with zero attached hydrogens (tertiary/aromatic N) is 2. The van der Waals surface area contributed by atoms with Crippen LogP contribution in [-0.2, 0) is 14.8 Å². The minimum absolute atomic E-state index is 0.222. The first-order chi connectivity index (χ1) is 18.9. The largest absolute Gasteiger partial charge is 0.357 e. The Morgan fingerprint density at radius 1 is 0.975 bits per heavy atom. The third kappa shape index (κ3) is 6.41. The number of amides is 2. The van der Waals surface area contributed by atoms with Crippen LogP contribution < -0.4 is 14.9 Å². The van der Waals surface area contributed by atoms with Crippen LogP contribution in [-0.4, -0.2) is 63.6 Å². The Kier molecular flexibility index (Phi) is 9.04. The summed E-state index contributed by atoms with van der Waals surface area (Å²) in [5, 5.41) is 6.02. The fourth-order valence-corrected chi connectivity index (χ4v) is 6.24. The average Bonchev–Trinajstić information content (AvgIpc) is 2.88. The van der Waals surface area contributed by atoms with Crippen molar-refractivity contribution in [2.24, 2.45) is 0 Å². The van der Waals surface area contributed by atoms with Crippen molar-refractivity contribution in [3.05, 3.63) is 99.3 Å². The molecule has 0 aromatic heterocycles. The van der Waals surface area contributed by atoms with Gasteiger partial charge in [-0.2, -0.15) is 0 Å². The highest BCUT2D eigenvalue weighted by Crippen LogP contribution is 2.37. The Morgan fingerprint density at radius 3 is 1.98 bits per heavy atom. The van der Waals surface area contributed by atoms with Crippen LogP contribution in [0.3, 0.4) is 0 Å². The fourth-order valence-electron chi connectivity index (χ4n) is 4.82. The number of carbonyl (C=O) groups is 2. The summed E-state index contributed by atoms with van der Waals surface area (Å²) in [4.78, 5) is 26.6. The van der Waals surface area contributed by atoms with Crippen molar-refractivity contribution >= 4 is 50.7 Å². The number of likely N-dealkylation sites (tertiary alicyclic amines) is 1. The first-order valence-corrected chi connectivity index (χ1v) is 15.1. The molecule has 40 heavy (non-hydrogen) atoms. The molecule has 1 atom stereocenters. The molecule has 1 unspecified atom stereocenters. The summed E-state index contributed by atoms with van der Waals surface area (Å²) in [6, 6.07) is 17.0. The van der Waals surface area contributed by atoms with Gasteiger partial charge < -0.3 is 10.6 Å². The Labute approximate surface area is 243 Å². The number of sulfonamides is 1. The van der Waals surface area contributed by atoms with Gasteiger partial charge in [-0.25, -0.2) is 12.8 Å². The predicted octanol–water partition coefficient (Wildman–Crippen LogP) is 4.24. The second kappa shape index (κ2) is 12.1. The highest BCUT2D eigenvalue weighted by molar-refractivity contribution is 7.92. The maximum atomic E-state index is 15.7. The smallest absolute Gasteiger partial charge is 0.254 e. The molecule has 1 heterocycles. The van der Waals surface area contributed by atoms with E-state index in [4.69, 9.17) is 23.2 Å².